The zero-order chi connectivity index (χ0) is 38.5. The third-order valence-electron chi connectivity index (χ3n) is 9.32. The number of carbonyl (C=O) groups is 2. The number of rotatable bonds is 9. The van der Waals surface area contributed by atoms with Crippen LogP contribution >= 0.6 is 11.6 Å². The summed E-state index contributed by atoms with van der Waals surface area (Å²) >= 11 is 6.60. The highest BCUT2D eigenvalue weighted by Gasteiger charge is 2.60. The van der Waals surface area contributed by atoms with Crippen LogP contribution in [-0.4, -0.2) is 71.5 Å². The second-order valence-corrected chi connectivity index (χ2v) is 14.7. The molecule has 4 aromatic rings. The summed E-state index contributed by atoms with van der Waals surface area (Å²) in [6, 6.07) is 11.1. The van der Waals surface area contributed by atoms with E-state index in [1.54, 1.807) is 39.0 Å². The minimum atomic E-state index is -5.31. The number of anilines is 2. The molecule has 6 rings (SSSR count). The number of hydrogen-bond donors (Lipinski definition) is 3. The molecule has 3 heterocycles. The molecule has 0 aliphatic carbocycles. The zero-order valence-corrected chi connectivity index (χ0v) is 30.7. The van der Waals surface area contributed by atoms with Crippen LogP contribution in [0.2, 0.25) is 5.02 Å². The second kappa shape index (κ2) is 14.2. The molecule has 0 spiro atoms. The van der Waals surface area contributed by atoms with E-state index in [4.69, 9.17) is 21.1 Å². The molecule has 17 heteroatoms. The van der Waals surface area contributed by atoms with Gasteiger partial charge in [-0.25, -0.2) is 12.7 Å². The molecule has 0 radical (unpaired) electrons. The average molecular weight is 774 g/mol. The Balaban J connectivity index is 1.70. The maximum Gasteiger partial charge on any atom is 0.573 e. The van der Waals surface area contributed by atoms with Crippen LogP contribution in [0.1, 0.15) is 33.5 Å². The standard InChI is InChI=1S/C36H35ClF3N5O7S/c1-19-6-10-29(51-5)25(14-19)35(26-17-43-21(3)20(2)32(26)44-33(46)27-18-41-12-13-42-27)24-15-22(37)7-9-28(24)45(34(35)47)53(48,49)31-11-8-23(50-4)16-30(31)52-36(38,39)40/h6-11,14-17,27,41-42H,12-13,18H2,1-5H3,(H,43,44,46). The van der Waals surface area contributed by atoms with Crippen LogP contribution in [0.4, 0.5) is 24.5 Å². The van der Waals surface area contributed by atoms with Crippen molar-refractivity contribution in [2.75, 3.05) is 43.5 Å². The van der Waals surface area contributed by atoms with Crippen molar-refractivity contribution >= 4 is 44.8 Å². The molecular formula is C36H35ClF3N5O7S. The fourth-order valence-corrected chi connectivity index (χ4v) is 8.45. The van der Waals surface area contributed by atoms with E-state index in [0.717, 1.165) is 18.2 Å². The third-order valence-corrected chi connectivity index (χ3v) is 11.3. The van der Waals surface area contributed by atoms with Crippen LogP contribution in [0.25, 0.3) is 0 Å². The number of methoxy groups -OCH3 is 2. The number of fused-ring (bicyclic) bond motifs is 1. The SMILES string of the molecule is COc1ccc(S(=O)(=O)N2C(=O)C(c3cc(C)ccc3OC)(c3cnc(C)c(C)c3NC(=O)C3CNCCN3)c3cc(Cl)ccc32)c(OC(F)(F)F)c1. The maximum atomic E-state index is 15.6. The number of ether oxygens (including phenoxy) is 3. The molecule has 0 bridgehead atoms. The largest absolute Gasteiger partial charge is 0.573 e. The van der Waals surface area contributed by atoms with Gasteiger partial charge in [-0.2, -0.15) is 0 Å². The molecule has 0 saturated carbocycles. The highest BCUT2D eigenvalue weighted by Crippen LogP contribution is 2.57. The maximum absolute atomic E-state index is 15.6. The Morgan fingerprint density at radius 2 is 1.74 bits per heavy atom. The highest BCUT2D eigenvalue weighted by atomic mass is 35.5. The van der Waals surface area contributed by atoms with Crippen LogP contribution in [0.5, 0.6) is 17.2 Å². The number of alkyl halides is 3. The van der Waals surface area contributed by atoms with Crippen LogP contribution < -0.4 is 34.5 Å². The number of pyridine rings is 1. The van der Waals surface area contributed by atoms with Gasteiger partial charge in [0.15, 0.2) is 5.75 Å². The summed E-state index contributed by atoms with van der Waals surface area (Å²) in [4.78, 5) is 33.1. The monoisotopic (exact) mass is 773 g/mol. The van der Waals surface area contributed by atoms with Crippen molar-refractivity contribution in [2.24, 2.45) is 0 Å². The Hall–Kier alpha value is -4.90. The number of sulfonamides is 1. The first-order valence-electron chi connectivity index (χ1n) is 16.2. The van der Waals surface area contributed by atoms with Crippen LogP contribution in [0.3, 0.4) is 0 Å². The second-order valence-electron chi connectivity index (χ2n) is 12.5. The van der Waals surface area contributed by atoms with Crippen molar-refractivity contribution in [3.8, 4) is 17.2 Å². The summed E-state index contributed by atoms with van der Waals surface area (Å²) in [5, 5.41) is 9.40. The van der Waals surface area contributed by atoms with E-state index in [0.29, 0.717) is 40.8 Å². The number of halogens is 4. The summed E-state index contributed by atoms with van der Waals surface area (Å²) < 4.78 is 86.2. The first kappa shape index (κ1) is 37.8. The van der Waals surface area contributed by atoms with Gasteiger partial charge < -0.3 is 30.2 Å². The number of piperazine rings is 1. The summed E-state index contributed by atoms with van der Waals surface area (Å²) in [7, 11) is -2.68. The Bertz CT molecular complexity index is 2230. The molecule has 1 fully saturated rings. The van der Waals surface area contributed by atoms with E-state index in [1.807, 2.05) is 0 Å². The van der Waals surface area contributed by atoms with Gasteiger partial charge in [0, 0.05) is 59.3 Å². The van der Waals surface area contributed by atoms with Gasteiger partial charge in [-0.15, -0.1) is 13.2 Å². The number of carbonyl (C=O) groups excluding carboxylic acids is 2. The summed E-state index contributed by atoms with van der Waals surface area (Å²) in [5.41, 5.74) is -0.346. The van der Waals surface area contributed by atoms with Gasteiger partial charge in [0.1, 0.15) is 21.8 Å². The molecular weight excluding hydrogens is 739 g/mol. The van der Waals surface area contributed by atoms with Gasteiger partial charge in [-0.05, 0) is 62.7 Å². The summed E-state index contributed by atoms with van der Waals surface area (Å²) in [6.07, 6.45) is -3.94. The van der Waals surface area contributed by atoms with Crippen molar-refractivity contribution in [1.29, 1.82) is 0 Å². The van der Waals surface area contributed by atoms with E-state index in [1.165, 1.54) is 38.6 Å². The number of nitrogens with zero attached hydrogens (tertiary/aromatic N) is 2. The lowest BCUT2D eigenvalue weighted by atomic mass is 9.69. The van der Waals surface area contributed by atoms with Crippen molar-refractivity contribution < 1.29 is 45.4 Å². The average Bonchev–Trinajstić information content (AvgIpc) is 3.37. The molecule has 12 nitrogen and oxygen atoms in total. The van der Waals surface area contributed by atoms with Crippen molar-refractivity contribution in [1.82, 2.24) is 15.6 Å². The Morgan fingerprint density at radius 1 is 0.981 bits per heavy atom. The van der Waals surface area contributed by atoms with Gasteiger partial charge in [0.25, 0.3) is 15.9 Å². The highest BCUT2D eigenvalue weighted by molar-refractivity contribution is 7.93. The van der Waals surface area contributed by atoms with E-state index < -0.39 is 50.3 Å². The van der Waals surface area contributed by atoms with Crippen molar-refractivity contribution in [3.63, 3.8) is 0 Å². The molecule has 3 aromatic carbocycles. The molecule has 2 unspecified atom stereocenters. The fraction of sp³-hybridized carbons (Fsp3) is 0.306. The molecule has 2 amide bonds. The smallest absolute Gasteiger partial charge is 0.497 e. The molecule has 1 aromatic heterocycles. The Labute approximate surface area is 308 Å². The number of aromatic nitrogens is 1. The molecule has 280 valence electrons. The van der Waals surface area contributed by atoms with Gasteiger partial charge in [-0.3, -0.25) is 14.6 Å². The first-order valence-corrected chi connectivity index (χ1v) is 18.1. The predicted molar refractivity (Wildman–Crippen MR) is 190 cm³/mol. The van der Waals surface area contributed by atoms with Crippen molar-refractivity contribution in [2.45, 2.75) is 43.5 Å². The quantitative estimate of drug-likeness (QED) is 0.209. The number of amides is 2. The number of aryl methyl sites for hydroxylation is 2. The topological polar surface area (TPSA) is 148 Å². The lowest BCUT2D eigenvalue weighted by Gasteiger charge is -2.34. The first-order chi connectivity index (χ1) is 25.0. The van der Waals surface area contributed by atoms with Crippen LogP contribution in [-0.2, 0) is 25.0 Å². The molecule has 3 N–H and O–H groups in total. The van der Waals surface area contributed by atoms with Gasteiger partial charge in [0.2, 0.25) is 5.91 Å². The van der Waals surface area contributed by atoms with Crippen molar-refractivity contribution in [3.05, 3.63) is 99.3 Å². The van der Waals surface area contributed by atoms with E-state index in [9.17, 15) is 26.4 Å². The lowest BCUT2D eigenvalue weighted by molar-refractivity contribution is -0.275. The number of hydrogen-bond acceptors (Lipinski definition) is 10. The molecule has 53 heavy (non-hydrogen) atoms. The fourth-order valence-electron chi connectivity index (χ4n) is 6.71. The van der Waals surface area contributed by atoms with Crippen LogP contribution in [0.15, 0.2) is 65.7 Å². The lowest BCUT2D eigenvalue weighted by Crippen LogP contribution is -2.54. The summed E-state index contributed by atoms with van der Waals surface area (Å²) in [6.45, 7) is 6.64. The number of benzene rings is 3. The molecule has 2 aliphatic rings. The van der Waals surface area contributed by atoms with E-state index in [-0.39, 0.29) is 44.6 Å². The summed E-state index contributed by atoms with van der Waals surface area (Å²) in [5.74, 6) is -2.67. The van der Waals surface area contributed by atoms with Crippen LogP contribution in [0, 0.1) is 20.8 Å². The minimum Gasteiger partial charge on any atom is -0.497 e. The molecule has 2 atom stereocenters. The normalized spacial score (nSPS) is 18.8. The minimum absolute atomic E-state index is 0.0345. The zero-order valence-electron chi connectivity index (χ0n) is 29.1. The molecule has 2 aliphatic heterocycles. The number of nitrogens with one attached hydrogen (secondary N) is 3. The molecule has 1 saturated heterocycles. The van der Waals surface area contributed by atoms with Gasteiger partial charge in [0.05, 0.1) is 31.6 Å². The Kier molecular flexibility index (Phi) is 10.1. The Morgan fingerprint density at radius 3 is 2.40 bits per heavy atom. The van der Waals surface area contributed by atoms with E-state index >= 15 is 4.79 Å². The third kappa shape index (κ3) is 6.64. The van der Waals surface area contributed by atoms with Gasteiger partial charge >= 0.3 is 6.36 Å². The van der Waals surface area contributed by atoms with Gasteiger partial charge in [-0.1, -0.05) is 29.3 Å². The predicted octanol–water partition coefficient (Wildman–Crippen LogP) is 5.15. The van der Waals surface area contributed by atoms with E-state index in [2.05, 4.69) is 25.7 Å².